The monoisotopic (exact) mass is 363 g/mol. The summed E-state index contributed by atoms with van der Waals surface area (Å²) in [4.78, 5) is 19.4. The Morgan fingerprint density at radius 1 is 1.04 bits per heavy atom. The molecule has 3 aromatic rings. The number of anilines is 1. The molecule has 0 radical (unpaired) electrons. The van der Waals surface area contributed by atoms with Crippen molar-refractivity contribution in [3.63, 3.8) is 0 Å². The molecule has 0 bridgehead atoms. The van der Waals surface area contributed by atoms with Gasteiger partial charge in [-0.3, -0.25) is 4.79 Å². The van der Waals surface area contributed by atoms with Gasteiger partial charge in [-0.05, 0) is 49.2 Å². The van der Waals surface area contributed by atoms with Crippen molar-refractivity contribution in [2.24, 2.45) is 0 Å². The fraction of sp³-hybridized carbons (Fsp3) is 0.318. The zero-order valence-electron chi connectivity index (χ0n) is 16.7. The van der Waals surface area contributed by atoms with Crippen LogP contribution in [0.1, 0.15) is 48.1 Å². The molecule has 5 nitrogen and oxygen atoms in total. The van der Waals surface area contributed by atoms with E-state index in [0.717, 1.165) is 16.8 Å². The minimum absolute atomic E-state index is 0.119. The Labute approximate surface area is 160 Å². The summed E-state index contributed by atoms with van der Waals surface area (Å²) in [7, 11) is 1.78. The maximum atomic E-state index is 13.2. The van der Waals surface area contributed by atoms with E-state index >= 15 is 0 Å². The third kappa shape index (κ3) is 3.92. The van der Waals surface area contributed by atoms with Gasteiger partial charge in [-0.25, -0.2) is 0 Å². The van der Waals surface area contributed by atoms with Crippen LogP contribution in [0.25, 0.3) is 11.5 Å². The Kier molecular flexibility index (Phi) is 4.87. The van der Waals surface area contributed by atoms with E-state index in [1.54, 1.807) is 18.0 Å². The Morgan fingerprint density at radius 3 is 2.26 bits per heavy atom. The molecule has 27 heavy (non-hydrogen) atoms. The second kappa shape index (κ2) is 6.99. The molecule has 1 amide bonds. The van der Waals surface area contributed by atoms with Gasteiger partial charge in [0.05, 0.1) is 11.1 Å². The van der Waals surface area contributed by atoms with Gasteiger partial charge < -0.3 is 9.42 Å². The van der Waals surface area contributed by atoms with Crippen LogP contribution >= 0.6 is 0 Å². The van der Waals surface area contributed by atoms with Gasteiger partial charge in [-0.15, -0.1) is 0 Å². The van der Waals surface area contributed by atoms with E-state index in [1.165, 1.54) is 0 Å². The predicted octanol–water partition coefficient (Wildman–Crippen LogP) is 4.93. The second-order valence-corrected chi connectivity index (χ2v) is 7.93. The average molecular weight is 363 g/mol. The summed E-state index contributed by atoms with van der Waals surface area (Å²) in [6.45, 7) is 10.1. The minimum Gasteiger partial charge on any atom is -0.334 e. The minimum atomic E-state index is -0.226. The van der Waals surface area contributed by atoms with Crippen molar-refractivity contribution in [3.8, 4) is 11.5 Å². The lowest BCUT2D eigenvalue weighted by atomic mass is 9.96. The van der Waals surface area contributed by atoms with Gasteiger partial charge in [0.1, 0.15) is 0 Å². The number of hydrogen-bond donors (Lipinski definition) is 0. The molecule has 0 atom stereocenters. The van der Waals surface area contributed by atoms with Gasteiger partial charge in [0.15, 0.2) is 5.82 Å². The first-order valence-electron chi connectivity index (χ1n) is 8.97. The topological polar surface area (TPSA) is 59.2 Å². The van der Waals surface area contributed by atoms with Gasteiger partial charge in [-0.1, -0.05) is 44.1 Å². The first-order chi connectivity index (χ1) is 12.7. The van der Waals surface area contributed by atoms with Crippen LogP contribution in [-0.4, -0.2) is 23.1 Å². The molecule has 0 aliphatic heterocycles. The van der Waals surface area contributed by atoms with Crippen molar-refractivity contribution in [1.82, 2.24) is 10.1 Å². The second-order valence-electron chi connectivity index (χ2n) is 7.93. The molecular weight excluding hydrogens is 338 g/mol. The van der Waals surface area contributed by atoms with Gasteiger partial charge in [0.25, 0.3) is 11.8 Å². The van der Waals surface area contributed by atoms with Gasteiger partial charge in [0.2, 0.25) is 0 Å². The molecular formula is C22H25N3O2. The van der Waals surface area contributed by atoms with Crippen LogP contribution < -0.4 is 4.90 Å². The molecule has 1 heterocycles. The fourth-order valence-corrected chi connectivity index (χ4v) is 2.94. The van der Waals surface area contributed by atoms with E-state index in [-0.39, 0.29) is 11.3 Å². The summed E-state index contributed by atoms with van der Waals surface area (Å²) in [5.41, 5.74) is 4.03. The number of amides is 1. The van der Waals surface area contributed by atoms with Crippen molar-refractivity contribution < 1.29 is 9.32 Å². The number of carbonyl (C=O) groups excluding carboxylic acids is 1. The number of aromatic nitrogens is 2. The number of nitrogens with zero attached hydrogens (tertiary/aromatic N) is 3. The van der Waals surface area contributed by atoms with Crippen molar-refractivity contribution in [3.05, 3.63) is 65.0 Å². The van der Waals surface area contributed by atoms with E-state index in [9.17, 15) is 4.79 Å². The van der Waals surface area contributed by atoms with Crippen LogP contribution in [0, 0.1) is 13.8 Å². The van der Waals surface area contributed by atoms with Crippen LogP contribution in [0.3, 0.4) is 0 Å². The van der Waals surface area contributed by atoms with Crippen molar-refractivity contribution >= 4 is 11.6 Å². The Morgan fingerprint density at radius 2 is 1.67 bits per heavy atom. The molecule has 1 aromatic heterocycles. The normalized spacial score (nSPS) is 11.5. The summed E-state index contributed by atoms with van der Waals surface area (Å²) in [6, 6.07) is 13.4. The highest BCUT2D eigenvalue weighted by atomic mass is 16.5. The molecule has 0 saturated heterocycles. The molecule has 0 aliphatic carbocycles. The number of rotatable bonds is 3. The lowest BCUT2D eigenvalue weighted by molar-refractivity contribution is 0.0993. The first kappa shape index (κ1) is 18.8. The lowest BCUT2D eigenvalue weighted by Gasteiger charge is -2.19. The maximum absolute atomic E-state index is 13.2. The molecule has 140 valence electrons. The van der Waals surface area contributed by atoms with Crippen LogP contribution in [0.5, 0.6) is 0 Å². The van der Waals surface area contributed by atoms with Gasteiger partial charge in [-0.2, -0.15) is 4.98 Å². The zero-order chi connectivity index (χ0) is 19.8. The number of aryl methyl sites for hydroxylation is 2. The molecule has 2 aromatic carbocycles. The van der Waals surface area contributed by atoms with E-state index in [1.807, 2.05) is 65.0 Å². The molecule has 0 spiro atoms. The van der Waals surface area contributed by atoms with Crippen molar-refractivity contribution in [1.29, 1.82) is 0 Å². The molecule has 0 saturated carbocycles. The average Bonchev–Trinajstić information content (AvgIpc) is 3.10. The van der Waals surface area contributed by atoms with E-state index < -0.39 is 0 Å². The van der Waals surface area contributed by atoms with E-state index in [2.05, 4.69) is 16.2 Å². The Bertz CT molecular complexity index is 963. The Balaban J connectivity index is 2.00. The number of carbonyl (C=O) groups is 1. The van der Waals surface area contributed by atoms with Gasteiger partial charge >= 0.3 is 0 Å². The molecule has 0 fully saturated rings. The van der Waals surface area contributed by atoms with Crippen LogP contribution in [-0.2, 0) is 5.41 Å². The summed E-state index contributed by atoms with van der Waals surface area (Å²) in [5.74, 6) is 0.853. The van der Waals surface area contributed by atoms with Crippen LogP contribution in [0.2, 0.25) is 0 Å². The first-order valence-corrected chi connectivity index (χ1v) is 8.97. The zero-order valence-corrected chi connectivity index (χ0v) is 16.7. The third-order valence-electron chi connectivity index (χ3n) is 4.38. The van der Waals surface area contributed by atoms with E-state index in [4.69, 9.17) is 4.52 Å². The third-order valence-corrected chi connectivity index (χ3v) is 4.38. The largest absolute Gasteiger partial charge is 0.334 e. The summed E-state index contributed by atoms with van der Waals surface area (Å²) < 4.78 is 5.46. The molecule has 3 rings (SSSR count). The predicted molar refractivity (Wildman–Crippen MR) is 107 cm³/mol. The standard InChI is InChI=1S/C22H25N3O2/c1-14-11-15(2)13-16(12-14)25(6)20(26)18-10-8-7-9-17(18)19-23-21(24-27-19)22(3,4)5/h7-13H,1-6H3. The molecule has 5 heteroatoms. The highest BCUT2D eigenvalue weighted by molar-refractivity contribution is 6.09. The number of benzene rings is 2. The van der Waals surface area contributed by atoms with E-state index in [0.29, 0.717) is 22.8 Å². The quantitative estimate of drug-likeness (QED) is 0.662. The maximum Gasteiger partial charge on any atom is 0.258 e. The highest BCUT2D eigenvalue weighted by Gasteiger charge is 2.25. The van der Waals surface area contributed by atoms with Gasteiger partial charge in [0, 0.05) is 18.2 Å². The van der Waals surface area contributed by atoms with Crippen molar-refractivity contribution in [2.45, 2.75) is 40.0 Å². The Hall–Kier alpha value is -2.95. The lowest BCUT2D eigenvalue weighted by Crippen LogP contribution is -2.27. The molecule has 0 unspecified atom stereocenters. The molecule has 0 N–H and O–H groups in total. The van der Waals surface area contributed by atoms with Crippen molar-refractivity contribution in [2.75, 3.05) is 11.9 Å². The summed E-state index contributed by atoms with van der Waals surface area (Å²) in [5, 5.41) is 4.08. The number of hydrogen-bond acceptors (Lipinski definition) is 4. The SMILES string of the molecule is Cc1cc(C)cc(N(C)C(=O)c2ccccc2-c2nc(C(C)(C)C)no2)c1. The van der Waals surface area contributed by atoms with Crippen LogP contribution in [0.15, 0.2) is 47.0 Å². The smallest absolute Gasteiger partial charge is 0.258 e. The summed E-state index contributed by atoms with van der Waals surface area (Å²) in [6.07, 6.45) is 0. The van der Waals surface area contributed by atoms with Crippen LogP contribution in [0.4, 0.5) is 5.69 Å². The highest BCUT2D eigenvalue weighted by Crippen LogP contribution is 2.28. The fourth-order valence-electron chi connectivity index (χ4n) is 2.94. The molecule has 0 aliphatic rings. The summed E-state index contributed by atoms with van der Waals surface area (Å²) >= 11 is 0.